The van der Waals surface area contributed by atoms with Crippen molar-refractivity contribution in [2.75, 3.05) is 0 Å². The number of nitrogens with two attached hydrogens (primary N) is 1. The van der Waals surface area contributed by atoms with Crippen molar-refractivity contribution < 1.29 is 22.7 Å². The van der Waals surface area contributed by atoms with E-state index in [1.54, 1.807) is 0 Å². The van der Waals surface area contributed by atoms with E-state index in [0.717, 1.165) is 12.1 Å². The molecule has 0 saturated carbocycles. The average Bonchev–Trinajstić information content (AvgIpc) is 2.27. The van der Waals surface area contributed by atoms with E-state index in [1.807, 2.05) is 0 Å². The molecule has 0 saturated heterocycles. The van der Waals surface area contributed by atoms with E-state index in [2.05, 4.69) is 0 Å². The summed E-state index contributed by atoms with van der Waals surface area (Å²) in [5.41, 5.74) is 1.93. The van der Waals surface area contributed by atoms with E-state index in [9.17, 15) is 22.7 Å². The van der Waals surface area contributed by atoms with Gasteiger partial charge in [0.2, 0.25) is 5.60 Å². The van der Waals surface area contributed by atoms with Crippen LogP contribution in [0, 0.1) is 0 Å². The topological polar surface area (TPSA) is 46.2 Å². The van der Waals surface area contributed by atoms with Crippen LogP contribution in [0.1, 0.15) is 11.1 Å². The van der Waals surface area contributed by atoms with Crippen LogP contribution in [0.5, 0.6) is 0 Å². The molecular weight excluding hydrogens is 262 g/mol. The Balaban J connectivity index is 0.00000256. The zero-order valence-corrected chi connectivity index (χ0v) is 9.43. The van der Waals surface area contributed by atoms with Crippen LogP contribution in [-0.2, 0) is 12.1 Å². The quantitative estimate of drug-likeness (QED) is 0.827. The predicted molar refractivity (Wildman–Crippen MR) is 57.5 cm³/mol. The Hall–Kier alpha value is -0.850. The summed E-state index contributed by atoms with van der Waals surface area (Å²) >= 11 is 0. The van der Waals surface area contributed by atoms with Crippen molar-refractivity contribution in [3.05, 3.63) is 35.4 Å². The van der Waals surface area contributed by atoms with Crippen LogP contribution in [0.2, 0.25) is 0 Å². The van der Waals surface area contributed by atoms with Gasteiger partial charge >= 0.3 is 0 Å². The smallest absolute Gasteiger partial charge is 0.276 e. The first kappa shape index (κ1) is 16.1. The lowest BCUT2D eigenvalue weighted by Gasteiger charge is -2.26. The molecule has 3 N–H and O–H groups in total. The summed E-state index contributed by atoms with van der Waals surface area (Å²) in [5, 5.41) is 9.27. The first-order valence-electron chi connectivity index (χ1n) is 4.51. The Morgan fingerprint density at radius 1 is 1.06 bits per heavy atom. The molecule has 0 fully saturated rings. The monoisotopic (exact) mass is 273 g/mol. The molecular formula is C10H12ClF4NO. The van der Waals surface area contributed by atoms with Gasteiger partial charge in [0.15, 0.2) is 0 Å². The van der Waals surface area contributed by atoms with Crippen LogP contribution in [0.15, 0.2) is 24.3 Å². The van der Waals surface area contributed by atoms with Gasteiger partial charge in [-0.1, -0.05) is 24.3 Å². The Morgan fingerprint density at radius 2 is 1.47 bits per heavy atom. The molecule has 0 spiro atoms. The molecule has 17 heavy (non-hydrogen) atoms. The molecule has 0 atom stereocenters. The molecule has 0 heterocycles. The fraction of sp³-hybridized carbons (Fsp3) is 0.400. The molecule has 0 radical (unpaired) electrons. The van der Waals surface area contributed by atoms with Gasteiger partial charge in [-0.25, -0.2) is 17.6 Å². The first-order chi connectivity index (χ1) is 7.42. The molecule has 0 aliphatic heterocycles. The minimum absolute atomic E-state index is 0. The minimum atomic E-state index is -3.56. The van der Waals surface area contributed by atoms with Gasteiger partial charge in [0, 0.05) is 6.54 Å². The van der Waals surface area contributed by atoms with Crippen molar-refractivity contribution >= 4 is 12.4 Å². The van der Waals surface area contributed by atoms with Crippen molar-refractivity contribution in [3.8, 4) is 0 Å². The number of benzene rings is 1. The summed E-state index contributed by atoms with van der Waals surface area (Å²) in [6.07, 6.45) is -7.12. The van der Waals surface area contributed by atoms with Gasteiger partial charge in [-0.3, -0.25) is 0 Å². The molecule has 0 aliphatic rings. The Morgan fingerprint density at radius 3 is 1.76 bits per heavy atom. The van der Waals surface area contributed by atoms with E-state index in [-0.39, 0.29) is 19.0 Å². The second kappa shape index (κ2) is 6.18. The zero-order valence-electron chi connectivity index (χ0n) is 8.62. The van der Waals surface area contributed by atoms with E-state index in [0.29, 0.717) is 5.56 Å². The van der Waals surface area contributed by atoms with Crippen LogP contribution in [0.3, 0.4) is 0 Å². The van der Waals surface area contributed by atoms with E-state index >= 15 is 0 Å². The molecule has 0 aromatic heterocycles. The van der Waals surface area contributed by atoms with Crippen molar-refractivity contribution in [3.63, 3.8) is 0 Å². The molecule has 7 heteroatoms. The Bertz CT molecular complexity index is 337. The SMILES string of the molecule is Cl.NCc1ccc(C(O)(C(F)F)C(F)F)cc1. The molecule has 98 valence electrons. The van der Waals surface area contributed by atoms with Gasteiger partial charge in [-0.15, -0.1) is 12.4 Å². The van der Waals surface area contributed by atoms with Gasteiger partial charge in [-0.05, 0) is 11.1 Å². The van der Waals surface area contributed by atoms with Gasteiger partial charge < -0.3 is 10.8 Å². The van der Waals surface area contributed by atoms with Crippen molar-refractivity contribution in [2.24, 2.45) is 5.73 Å². The normalized spacial score (nSPS) is 11.8. The third kappa shape index (κ3) is 3.08. The van der Waals surface area contributed by atoms with E-state index in [4.69, 9.17) is 5.73 Å². The van der Waals surface area contributed by atoms with Gasteiger partial charge in [0.05, 0.1) is 0 Å². The van der Waals surface area contributed by atoms with Gasteiger partial charge in [-0.2, -0.15) is 0 Å². The molecule has 0 amide bonds. The summed E-state index contributed by atoms with van der Waals surface area (Å²) < 4.78 is 49.8. The highest BCUT2D eigenvalue weighted by Crippen LogP contribution is 2.34. The van der Waals surface area contributed by atoms with Crippen LogP contribution < -0.4 is 5.73 Å². The molecule has 1 aromatic rings. The molecule has 1 rings (SSSR count). The molecule has 0 unspecified atom stereocenters. The maximum atomic E-state index is 12.4. The Kier molecular flexibility index (Phi) is 5.87. The third-order valence-corrected chi connectivity index (χ3v) is 2.32. The second-order valence-corrected chi connectivity index (χ2v) is 3.33. The minimum Gasteiger partial charge on any atom is -0.374 e. The largest absolute Gasteiger partial charge is 0.374 e. The van der Waals surface area contributed by atoms with E-state index < -0.39 is 24.0 Å². The summed E-state index contributed by atoms with van der Waals surface area (Å²) in [5.74, 6) is 0. The second-order valence-electron chi connectivity index (χ2n) is 3.33. The fourth-order valence-electron chi connectivity index (χ4n) is 1.26. The summed E-state index contributed by atoms with van der Waals surface area (Å²) in [4.78, 5) is 0. The number of aliphatic hydroxyl groups is 1. The highest BCUT2D eigenvalue weighted by atomic mass is 35.5. The lowest BCUT2D eigenvalue weighted by Crippen LogP contribution is -2.41. The van der Waals surface area contributed by atoms with Crippen molar-refractivity contribution in [2.45, 2.75) is 25.0 Å². The lowest BCUT2D eigenvalue weighted by atomic mass is 9.94. The number of hydrogen-bond acceptors (Lipinski definition) is 2. The first-order valence-corrected chi connectivity index (χ1v) is 4.51. The maximum Gasteiger partial charge on any atom is 0.276 e. The number of rotatable bonds is 4. The number of hydrogen-bond donors (Lipinski definition) is 2. The van der Waals surface area contributed by atoms with Crippen LogP contribution >= 0.6 is 12.4 Å². The molecule has 0 aliphatic carbocycles. The van der Waals surface area contributed by atoms with E-state index in [1.165, 1.54) is 12.1 Å². The van der Waals surface area contributed by atoms with Crippen LogP contribution in [-0.4, -0.2) is 18.0 Å². The number of halogens is 5. The maximum absolute atomic E-state index is 12.4. The third-order valence-electron chi connectivity index (χ3n) is 2.32. The lowest BCUT2D eigenvalue weighted by molar-refractivity contribution is -0.183. The predicted octanol–water partition coefficient (Wildman–Crippen LogP) is 2.28. The van der Waals surface area contributed by atoms with Gasteiger partial charge in [0.1, 0.15) is 0 Å². The number of alkyl halides is 4. The zero-order chi connectivity index (χ0) is 12.3. The summed E-state index contributed by atoms with van der Waals surface area (Å²) in [6, 6.07) is 4.71. The highest BCUT2D eigenvalue weighted by Gasteiger charge is 2.48. The highest BCUT2D eigenvalue weighted by molar-refractivity contribution is 5.85. The van der Waals surface area contributed by atoms with Crippen LogP contribution in [0.4, 0.5) is 17.6 Å². The molecule has 1 aromatic carbocycles. The Labute approximate surface area is 102 Å². The molecule has 2 nitrogen and oxygen atoms in total. The molecule has 0 bridgehead atoms. The fourth-order valence-corrected chi connectivity index (χ4v) is 1.26. The van der Waals surface area contributed by atoms with Crippen LogP contribution in [0.25, 0.3) is 0 Å². The summed E-state index contributed by atoms with van der Waals surface area (Å²) in [7, 11) is 0. The van der Waals surface area contributed by atoms with Crippen molar-refractivity contribution in [1.82, 2.24) is 0 Å². The summed E-state index contributed by atoms with van der Waals surface area (Å²) in [6.45, 7) is 0.169. The standard InChI is InChI=1S/C10H11F4NO.ClH/c11-8(12)10(16,9(13)14)7-3-1-6(5-15)2-4-7;/h1-4,8-9,16H,5,15H2;1H. The van der Waals surface area contributed by atoms with Gasteiger partial charge in [0.25, 0.3) is 12.9 Å². The van der Waals surface area contributed by atoms with Crippen molar-refractivity contribution in [1.29, 1.82) is 0 Å². The average molecular weight is 274 g/mol.